The third-order valence-corrected chi connectivity index (χ3v) is 2.19. The Morgan fingerprint density at radius 3 is 2.53 bits per heavy atom. The van der Waals surface area contributed by atoms with Crippen molar-refractivity contribution in [3.63, 3.8) is 0 Å². The van der Waals surface area contributed by atoms with E-state index in [-0.39, 0.29) is 0 Å². The Balaban J connectivity index is 2.83. The maximum atomic E-state index is 11.6. The van der Waals surface area contributed by atoms with Gasteiger partial charge in [-0.25, -0.2) is 4.79 Å². The fourth-order valence-corrected chi connectivity index (χ4v) is 1.45. The minimum atomic E-state index is -0.748. The van der Waals surface area contributed by atoms with Crippen molar-refractivity contribution < 1.29 is 19.0 Å². The highest BCUT2D eigenvalue weighted by Crippen LogP contribution is 2.29. The second kappa shape index (κ2) is 6.27. The molecule has 0 amide bonds. The summed E-state index contributed by atoms with van der Waals surface area (Å²) in [4.78, 5) is 11.6. The van der Waals surface area contributed by atoms with Crippen molar-refractivity contribution in [2.45, 2.75) is 32.8 Å². The molecule has 1 aromatic carbocycles. The summed E-state index contributed by atoms with van der Waals surface area (Å²) < 4.78 is 15.4. The molecule has 1 aromatic rings. The zero-order valence-corrected chi connectivity index (χ0v) is 11.9. The van der Waals surface area contributed by atoms with Crippen LogP contribution in [-0.2, 0) is 11.2 Å². The van der Waals surface area contributed by atoms with E-state index < -0.39 is 11.8 Å². The van der Waals surface area contributed by atoms with E-state index >= 15 is 0 Å². The maximum Gasteiger partial charge on any atom is 0.514 e. The first kappa shape index (κ1) is 15.1. The SMILES string of the molecule is C=CCc1ccc(OC(=O)OC(C)(C)C)c(OC)c1. The van der Waals surface area contributed by atoms with Crippen LogP contribution in [0.25, 0.3) is 0 Å². The van der Waals surface area contributed by atoms with Gasteiger partial charge in [-0.3, -0.25) is 0 Å². The number of carbonyl (C=O) groups excluding carboxylic acids is 1. The van der Waals surface area contributed by atoms with E-state index in [1.165, 1.54) is 7.11 Å². The van der Waals surface area contributed by atoms with Crippen molar-refractivity contribution in [1.29, 1.82) is 0 Å². The molecule has 0 saturated carbocycles. The predicted molar refractivity (Wildman–Crippen MR) is 73.8 cm³/mol. The molecule has 4 heteroatoms. The van der Waals surface area contributed by atoms with Gasteiger partial charge in [-0.2, -0.15) is 0 Å². The van der Waals surface area contributed by atoms with Crippen molar-refractivity contribution in [3.8, 4) is 11.5 Å². The van der Waals surface area contributed by atoms with E-state index in [1.54, 1.807) is 39.0 Å². The van der Waals surface area contributed by atoms with Crippen molar-refractivity contribution in [2.75, 3.05) is 7.11 Å². The quantitative estimate of drug-likeness (QED) is 0.472. The van der Waals surface area contributed by atoms with Gasteiger partial charge in [-0.1, -0.05) is 12.1 Å². The molecule has 0 fully saturated rings. The number of benzene rings is 1. The Morgan fingerprint density at radius 2 is 2.00 bits per heavy atom. The van der Waals surface area contributed by atoms with Gasteiger partial charge in [0.1, 0.15) is 5.60 Å². The second-order valence-corrected chi connectivity index (χ2v) is 5.04. The third-order valence-electron chi connectivity index (χ3n) is 2.19. The van der Waals surface area contributed by atoms with E-state index in [0.717, 1.165) is 12.0 Å². The molecule has 0 radical (unpaired) electrons. The van der Waals surface area contributed by atoms with Gasteiger partial charge in [0.25, 0.3) is 0 Å². The van der Waals surface area contributed by atoms with Gasteiger partial charge in [0.2, 0.25) is 0 Å². The highest BCUT2D eigenvalue weighted by molar-refractivity contribution is 5.66. The van der Waals surface area contributed by atoms with Crippen molar-refractivity contribution in [1.82, 2.24) is 0 Å². The molecule has 0 atom stereocenters. The van der Waals surface area contributed by atoms with E-state index in [2.05, 4.69) is 6.58 Å². The fourth-order valence-electron chi connectivity index (χ4n) is 1.45. The van der Waals surface area contributed by atoms with Crippen LogP contribution in [0.3, 0.4) is 0 Å². The van der Waals surface area contributed by atoms with E-state index in [4.69, 9.17) is 14.2 Å². The Hall–Kier alpha value is -1.97. The van der Waals surface area contributed by atoms with Gasteiger partial charge in [0, 0.05) is 0 Å². The van der Waals surface area contributed by atoms with Crippen molar-refractivity contribution in [3.05, 3.63) is 36.4 Å². The maximum absolute atomic E-state index is 11.6. The van der Waals surface area contributed by atoms with Gasteiger partial charge in [0.05, 0.1) is 7.11 Å². The Labute approximate surface area is 114 Å². The number of hydrogen-bond acceptors (Lipinski definition) is 4. The molecule has 0 heterocycles. The van der Waals surface area contributed by atoms with Crippen LogP contribution in [-0.4, -0.2) is 18.9 Å². The van der Waals surface area contributed by atoms with Crippen LogP contribution in [0.1, 0.15) is 26.3 Å². The molecule has 4 nitrogen and oxygen atoms in total. The lowest BCUT2D eigenvalue weighted by Crippen LogP contribution is -2.26. The van der Waals surface area contributed by atoms with Crippen LogP contribution in [0.2, 0.25) is 0 Å². The first-order valence-electron chi connectivity index (χ1n) is 6.04. The Kier molecular flexibility index (Phi) is 4.98. The summed E-state index contributed by atoms with van der Waals surface area (Å²) in [6.07, 6.45) is 1.77. The van der Waals surface area contributed by atoms with Crippen LogP contribution in [0.15, 0.2) is 30.9 Å². The van der Waals surface area contributed by atoms with Crippen LogP contribution < -0.4 is 9.47 Å². The van der Waals surface area contributed by atoms with Gasteiger partial charge < -0.3 is 14.2 Å². The molecule has 0 aliphatic carbocycles. The molecule has 0 aromatic heterocycles. The summed E-state index contributed by atoms with van der Waals surface area (Å²) in [7, 11) is 1.52. The number of methoxy groups -OCH3 is 1. The van der Waals surface area contributed by atoms with Crippen molar-refractivity contribution in [2.24, 2.45) is 0 Å². The number of rotatable bonds is 4. The zero-order chi connectivity index (χ0) is 14.5. The molecule has 0 aliphatic rings. The lowest BCUT2D eigenvalue weighted by Gasteiger charge is -2.19. The highest BCUT2D eigenvalue weighted by atomic mass is 16.7. The summed E-state index contributed by atoms with van der Waals surface area (Å²) >= 11 is 0. The molecule has 0 spiro atoms. The third kappa shape index (κ3) is 5.04. The molecule has 19 heavy (non-hydrogen) atoms. The van der Waals surface area contributed by atoms with Gasteiger partial charge in [-0.15, -0.1) is 6.58 Å². The number of carbonyl (C=O) groups is 1. The largest absolute Gasteiger partial charge is 0.514 e. The van der Waals surface area contributed by atoms with Gasteiger partial charge >= 0.3 is 6.16 Å². The summed E-state index contributed by atoms with van der Waals surface area (Å²) in [5.74, 6) is 0.828. The fraction of sp³-hybridized carbons (Fsp3) is 0.400. The lowest BCUT2D eigenvalue weighted by atomic mass is 10.1. The first-order valence-corrected chi connectivity index (χ1v) is 6.04. The first-order chi connectivity index (χ1) is 8.85. The number of hydrogen-bond donors (Lipinski definition) is 0. The normalized spacial score (nSPS) is 10.7. The molecule has 0 bridgehead atoms. The van der Waals surface area contributed by atoms with Gasteiger partial charge in [0.15, 0.2) is 11.5 Å². The zero-order valence-electron chi connectivity index (χ0n) is 11.9. The summed E-state index contributed by atoms with van der Waals surface area (Å²) in [5.41, 5.74) is 0.441. The molecule has 1 rings (SSSR count). The van der Waals surface area contributed by atoms with Gasteiger partial charge in [-0.05, 0) is 44.9 Å². The molecule has 0 aliphatic heterocycles. The highest BCUT2D eigenvalue weighted by Gasteiger charge is 2.19. The summed E-state index contributed by atoms with van der Waals surface area (Å²) in [6.45, 7) is 9.01. The van der Waals surface area contributed by atoms with Crippen LogP contribution in [0.5, 0.6) is 11.5 Å². The predicted octanol–water partition coefficient (Wildman–Crippen LogP) is 3.74. The van der Waals surface area contributed by atoms with Crippen molar-refractivity contribution >= 4 is 6.16 Å². The van der Waals surface area contributed by atoms with E-state index in [0.29, 0.717) is 11.5 Å². The topological polar surface area (TPSA) is 44.8 Å². The van der Waals surface area contributed by atoms with Crippen LogP contribution in [0, 0.1) is 0 Å². The Morgan fingerprint density at radius 1 is 1.32 bits per heavy atom. The van der Waals surface area contributed by atoms with Crippen LogP contribution in [0.4, 0.5) is 4.79 Å². The average molecular weight is 264 g/mol. The average Bonchev–Trinajstić information content (AvgIpc) is 2.29. The van der Waals surface area contributed by atoms with E-state index in [9.17, 15) is 4.79 Å². The molecule has 0 saturated heterocycles. The minimum absolute atomic E-state index is 0.338. The lowest BCUT2D eigenvalue weighted by molar-refractivity contribution is 0.0201. The minimum Gasteiger partial charge on any atom is -0.493 e. The number of allylic oxidation sites excluding steroid dienone is 1. The summed E-state index contributed by atoms with van der Waals surface area (Å²) in [5, 5.41) is 0. The molecular weight excluding hydrogens is 244 g/mol. The standard InChI is InChI=1S/C15H20O4/c1-6-7-11-8-9-12(13(10-11)17-5)18-14(16)19-15(2,3)4/h6,8-10H,1,7H2,2-5H3. The number of ether oxygens (including phenoxy) is 3. The Bertz CT molecular complexity index is 458. The van der Waals surface area contributed by atoms with E-state index in [1.807, 2.05) is 6.07 Å². The second-order valence-electron chi connectivity index (χ2n) is 5.04. The summed E-state index contributed by atoms with van der Waals surface area (Å²) in [6, 6.07) is 5.34. The molecule has 0 N–H and O–H groups in total. The molecule has 104 valence electrons. The smallest absolute Gasteiger partial charge is 0.493 e. The van der Waals surface area contributed by atoms with Crippen LogP contribution >= 0.6 is 0 Å². The monoisotopic (exact) mass is 264 g/mol. The molecule has 0 unspecified atom stereocenters. The molecular formula is C15H20O4.